The summed E-state index contributed by atoms with van der Waals surface area (Å²) in [5.41, 5.74) is -0.114. The molecular formula is C28H23F4NO3. The number of nitrogens with zero attached hydrogens (tertiary/aromatic N) is 1. The van der Waals surface area contributed by atoms with E-state index in [4.69, 9.17) is 4.74 Å². The van der Waals surface area contributed by atoms with Crippen molar-refractivity contribution in [2.75, 3.05) is 0 Å². The third kappa shape index (κ3) is 5.32. The zero-order valence-electron chi connectivity index (χ0n) is 19.4. The molecule has 4 nitrogen and oxygen atoms in total. The van der Waals surface area contributed by atoms with Crippen molar-refractivity contribution < 1.29 is 31.9 Å². The molecule has 1 atom stereocenters. The number of rotatable bonds is 6. The number of benzene rings is 3. The number of hydrogen-bond acceptors (Lipinski definition) is 3. The highest BCUT2D eigenvalue weighted by atomic mass is 19.4. The van der Waals surface area contributed by atoms with Crippen molar-refractivity contribution in [3.63, 3.8) is 0 Å². The predicted octanol–water partition coefficient (Wildman–Crippen LogP) is 6.38. The van der Waals surface area contributed by atoms with E-state index < -0.39 is 41.8 Å². The minimum atomic E-state index is -4.68. The summed E-state index contributed by atoms with van der Waals surface area (Å²) in [7, 11) is 0. The Balaban J connectivity index is 1.77. The average Bonchev–Trinajstić information content (AvgIpc) is 2.86. The van der Waals surface area contributed by atoms with Crippen LogP contribution in [-0.2, 0) is 33.7 Å². The Morgan fingerprint density at radius 1 is 0.972 bits per heavy atom. The van der Waals surface area contributed by atoms with Gasteiger partial charge in [-0.2, -0.15) is 13.2 Å². The van der Waals surface area contributed by atoms with Crippen molar-refractivity contribution >= 4 is 11.9 Å². The van der Waals surface area contributed by atoms with Crippen LogP contribution in [0.4, 0.5) is 17.6 Å². The zero-order valence-corrected chi connectivity index (χ0v) is 19.4. The molecule has 3 aromatic carbocycles. The molecule has 1 amide bonds. The van der Waals surface area contributed by atoms with Crippen molar-refractivity contribution in [1.29, 1.82) is 0 Å². The minimum Gasteiger partial charge on any atom is -0.457 e. The SMILES string of the molecule is CC1=C(C(=O)OCc2ccccc2)C(c2ccccc2C(F)(F)F)CC(=O)N1Cc1ccccc1F. The second-order valence-electron chi connectivity index (χ2n) is 8.47. The predicted molar refractivity (Wildman–Crippen MR) is 125 cm³/mol. The van der Waals surface area contributed by atoms with Gasteiger partial charge in [-0.15, -0.1) is 0 Å². The smallest absolute Gasteiger partial charge is 0.416 e. The van der Waals surface area contributed by atoms with Crippen LogP contribution in [0.5, 0.6) is 0 Å². The van der Waals surface area contributed by atoms with Crippen molar-refractivity contribution in [3.8, 4) is 0 Å². The van der Waals surface area contributed by atoms with E-state index >= 15 is 0 Å². The molecule has 1 unspecified atom stereocenters. The lowest BCUT2D eigenvalue weighted by atomic mass is 9.81. The molecule has 186 valence electrons. The molecule has 0 fully saturated rings. The van der Waals surface area contributed by atoms with Gasteiger partial charge in [-0.05, 0) is 30.2 Å². The molecule has 3 aromatic rings. The van der Waals surface area contributed by atoms with Crippen LogP contribution in [0.15, 0.2) is 90.1 Å². The fraction of sp³-hybridized carbons (Fsp3) is 0.214. The number of amides is 1. The minimum absolute atomic E-state index is 0.0569. The highest BCUT2D eigenvalue weighted by molar-refractivity contribution is 5.96. The number of ether oxygens (including phenoxy) is 1. The number of alkyl halides is 3. The van der Waals surface area contributed by atoms with Gasteiger partial charge in [0.1, 0.15) is 12.4 Å². The average molecular weight is 497 g/mol. The summed E-state index contributed by atoms with van der Waals surface area (Å²) in [4.78, 5) is 27.7. The highest BCUT2D eigenvalue weighted by Gasteiger charge is 2.42. The largest absolute Gasteiger partial charge is 0.457 e. The third-order valence-electron chi connectivity index (χ3n) is 6.18. The Labute approximate surface area is 205 Å². The van der Waals surface area contributed by atoms with E-state index in [0.717, 1.165) is 6.07 Å². The topological polar surface area (TPSA) is 46.6 Å². The van der Waals surface area contributed by atoms with Gasteiger partial charge in [0.05, 0.1) is 17.7 Å². The Morgan fingerprint density at radius 2 is 1.61 bits per heavy atom. The normalized spacial score (nSPS) is 16.3. The second kappa shape index (κ2) is 10.4. The van der Waals surface area contributed by atoms with Gasteiger partial charge in [0, 0.05) is 23.6 Å². The second-order valence-corrected chi connectivity index (χ2v) is 8.47. The first kappa shape index (κ1) is 25.2. The molecule has 1 heterocycles. The summed E-state index contributed by atoms with van der Waals surface area (Å²) in [6, 6.07) is 19.6. The maximum atomic E-state index is 14.3. The van der Waals surface area contributed by atoms with Crippen LogP contribution in [0.3, 0.4) is 0 Å². The van der Waals surface area contributed by atoms with Crippen molar-refractivity contribution in [1.82, 2.24) is 4.90 Å². The van der Waals surface area contributed by atoms with Crippen LogP contribution >= 0.6 is 0 Å². The summed E-state index contributed by atoms with van der Waals surface area (Å²) in [5, 5.41) is 0. The molecule has 0 spiro atoms. The lowest BCUT2D eigenvalue weighted by molar-refractivity contribution is -0.143. The third-order valence-corrected chi connectivity index (χ3v) is 6.18. The molecule has 1 aliphatic rings. The van der Waals surface area contributed by atoms with E-state index in [2.05, 4.69) is 0 Å². The standard InChI is InChI=1S/C28H23F4NO3/c1-18-26(27(35)36-17-19-9-3-2-4-10-19)22(21-12-6-7-13-23(21)28(30,31)32)15-25(34)33(18)16-20-11-5-8-14-24(20)29/h2-14,22H,15-17H2,1H3. The Bertz CT molecular complexity index is 1300. The van der Waals surface area contributed by atoms with Crippen LogP contribution in [-0.4, -0.2) is 16.8 Å². The van der Waals surface area contributed by atoms with Gasteiger partial charge in [-0.1, -0.05) is 66.7 Å². The monoisotopic (exact) mass is 497 g/mol. The molecule has 0 bridgehead atoms. The van der Waals surface area contributed by atoms with Gasteiger partial charge in [-0.25, -0.2) is 9.18 Å². The van der Waals surface area contributed by atoms with E-state index in [1.165, 1.54) is 48.2 Å². The number of allylic oxidation sites excluding steroid dienone is 1. The first-order chi connectivity index (χ1) is 17.2. The van der Waals surface area contributed by atoms with Crippen LogP contribution < -0.4 is 0 Å². The molecule has 0 aliphatic carbocycles. The van der Waals surface area contributed by atoms with E-state index in [9.17, 15) is 27.2 Å². The summed E-state index contributed by atoms with van der Waals surface area (Å²) >= 11 is 0. The fourth-order valence-electron chi connectivity index (χ4n) is 4.39. The van der Waals surface area contributed by atoms with E-state index in [-0.39, 0.29) is 35.5 Å². The Hall–Kier alpha value is -3.94. The van der Waals surface area contributed by atoms with E-state index in [0.29, 0.717) is 5.56 Å². The van der Waals surface area contributed by atoms with Crippen LogP contribution in [0.25, 0.3) is 0 Å². The first-order valence-corrected chi connectivity index (χ1v) is 11.3. The molecule has 0 aromatic heterocycles. The summed E-state index contributed by atoms with van der Waals surface area (Å²) in [6.07, 6.45) is -5.08. The quantitative estimate of drug-likeness (QED) is 0.293. The summed E-state index contributed by atoms with van der Waals surface area (Å²) < 4.78 is 61.3. The van der Waals surface area contributed by atoms with E-state index in [1.54, 1.807) is 36.4 Å². The van der Waals surface area contributed by atoms with Gasteiger partial charge < -0.3 is 9.64 Å². The van der Waals surface area contributed by atoms with Gasteiger partial charge in [-0.3, -0.25) is 4.79 Å². The van der Waals surface area contributed by atoms with E-state index in [1.807, 2.05) is 0 Å². The van der Waals surface area contributed by atoms with Crippen LogP contribution in [0, 0.1) is 5.82 Å². The molecule has 0 radical (unpaired) electrons. The molecule has 0 saturated heterocycles. The summed E-state index contributed by atoms with van der Waals surface area (Å²) in [6.45, 7) is 1.21. The Morgan fingerprint density at radius 3 is 2.31 bits per heavy atom. The maximum absolute atomic E-state index is 14.3. The van der Waals surface area contributed by atoms with Crippen molar-refractivity contribution in [3.05, 3.63) is 118 Å². The first-order valence-electron chi connectivity index (χ1n) is 11.3. The number of esters is 1. The van der Waals surface area contributed by atoms with Crippen molar-refractivity contribution in [2.45, 2.75) is 38.6 Å². The van der Waals surface area contributed by atoms with Crippen molar-refractivity contribution in [2.24, 2.45) is 0 Å². The molecule has 8 heteroatoms. The zero-order chi connectivity index (χ0) is 25.9. The van der Waals surface area contributed by atoms with Crippen LogP contribution in [0.2, 0.25) is 0 Å². The lowest BCUT2D eigenvalue weighted by Crippen LogP contribution is -2.38. The summed E-state index contributed by atoms with van der Waals surface area (Å²) in [5.74, 6) is -3.05. The van der Waals surface area contributed by atoms with Gasteiger partial charge in [0.25, 0.3) is 0 Å². The van der Waals surface area contributed by atoms with Gasteiger partial charge >= 0.3 is 12.1 Å². The van der Waals surface area contributed by atoms with Gasteiger partial charge in [0.15, 0.2) is 0 Å². The Kier molecular flexibility index (Phi) is 7.24. The molecule has 0 N–H and O–H groups in total. The number of hydrogen-bond donors (Lipinski definition) is 0. The lowest BCUT2D eigenvalue weighted by Gasteiger charge is -2.35. The van der Waals surface area contributed by atoms with Crippen LogP contribution in [0.1, 0.15) is 41.5 Å². The number of carbonyl (C=O) groups excluding carboxylic acids is 2. The molecule has 0 saturated carbocycles. The number of halogens is 4. The van der Waals surface area contributed by atoms with Gasteiger partial charge in [0.2, 0.25) is 5.91 Å². The fourth-order valence-corrected chi connectivity index (χ4v) is 4.39. The molecule has 1 aliphatic heterocycles. The molecular weight excluding hydrogens is 474 g/mol. The highest BCUT2D eigenvalue weighted by Crippen LogP contribution is 2.43. The molecule has 4 rings (SSSR count). The molecule has 36 heavy (non-hydrogen) atoms. The maximum Gasteiger partial charge on any atom is 0.416 e. The number of carbonyl (C=O) groups is 2.